The molecule has 1 aromatic carbocycles. The monoisotopic (exact) mass is 204 g/mol. The topological polar surface area (TPSA) is 0 Å². The average Bonchev–Trinajstić information content (AvgIpc) is 1.76. The zero-order valence-electron chi connectivity index (χ0n) is 3.46. The molecular formula is C5H5La-. The molecule has 6 heavy (non-hydrogen) atoms. The van der Waals surface area contributed by atoms with E-state index >= 15 is 0 Å². The second-order valence-electron chi connectivity index (χ2n) is 0.962. The number of hydrogen-bond donors (Lipinski definition) is 0. The Morgan fingerprint density at radius 1 is 1.00 bits per heavy atom. The van der Waals surface area contributed by atoms with Gasteiger partial charge in [-0.25, -0.2) is 12.1 Å². The molecule has 1 heteroatoms. The summed E-state index contributed by atoms with van der Waals surface area (Å²) in [6.07, 6.45) is 0. The zero-order valence-corrected chi connectivity index (χ0v) is 7.09. The third-order valence-electron chi connectivity index (χ3n) is 0.556. The van der Waals surface area contributed by atoms with E-state index in [0.717, 1.165) is 0 Å². The molecule has 0 unspecified atom stereocenters. The average molecular weight is 204 g/mol. The molecule has 0 amide bonds. The number of hydrogen-bond acceptors (Lipinski definition) is 0. The molecule has 0 saturated heterocycles. The smallest absolute Gasteiger partial charge is 0 e. The molecule has 0 aromatic heterocycles. The van der Waals surface area contributed by atoms with Gasteiger partial charge in [-0.05, 0) is 0 Å². The van der Waals surface area contributed by atoms with Crippen LogP contribution in [0.2, 0.25) is 0 Å². The molecule has 0 N–H and O–H groups in total. The van der Waals surface area contributed by atoms with Crippen LogP contribution in [0, 0.1) is 35.6 Å². The van der Waals surface area contributed by atoms with Crippen LogP contribution in [0.25, 0.3) is 0 Å². The summed E-state index contributed by atoms with van der Waals surface area (Å²) in [6.45, 7) is 0. The van der Waals surface area contributed by atoms with Gasteiger partial charge in [0.2, 0.25) is 0 Å². The van der Waals surface area contributed by atoms with Gasteiger partial charge in [0.15, 0.2) is 0 Å². The maximum absolute atomic E-state index is 2.00. The predicted molar refractivity (Wildman–Crippen MR) is 22.0 cm³/mol. The van der Waals surface area contributed by atoms with Gasteiger partial charge in [0.25, 0.3) is 0 Å². The Labute approximate surface area is 65.5 Å². The van der Waals surface area contributed by atoms with Gasteiger partial charge >= 0.3 is 0 Å². The summed E-state index contributed by atoms with van der Waals surface area (Å²) < 4.78 is 0. The van der Waals surface area contributed by atoms with Crippen molar-refractivity contribution in [3.8, 4) is 0 Å². The summed E-state index contributed by atoms with van der Waals surface area (Å²) >= 11 is 0. The van der Waals surface area contributed by atoms with E-state index in [1.54, 1.807) is 0 Å². The van der Waals surface area contributed by atoms with Crippen LogP contribution in [0.5, 0.6) is 0 Å². The second-order valence-corrected chi connectivity index (χ2v) is 0.962. The van der Waals surface area contributed by atoms with Gasteiger partial charge in [0, 0.05) is 35.6 Å². The molecule has 0 spiro atoms. The van der Waals surface area contributed by atoms with Gasteiger partial charge in [-0.2, -0.15) is 18.2 Å². The van der Waals surface area contributed by atoms with Crippen LogP contribution < -0.4 is 0 Å². The van der Waals surface area contributed by atoms with Crippen LogP contribution in [0.3, 0.4) is 0 Å². The first-order chi connectivity index (χ1) is 2.50. The van der Waals surface area contributed by atoms with Crippen molar-refractivity contribution in [2.24, 2.45) is 0 Å². The van der Waals surface area contributed by atoms with E-state index in [2.05, 4.69) is 0 Å². The Kier molecular flexibility index (Phi) is 4.06. The minimum absolute atomic E-state index is 0. The normalized spacial score (nSPS) is 6.67. The molecule has 0 atom stereocenters. The van der Waals surface area contributed by atoms with E-state index in [4.69, 9.17) is 0 Å². The van der Waals surface area contributed by atoms with Crippen LogP contribution in [0.15, 0.2) is 30.3 Å². The molecule has 0 nitrogen and oxygen atoms in total. The molecule has 1 radical (unpaired) electrons. The molecule has 0 saturated carbocycles. The first kappa shape index (κ1) is 6.54. The van der Waals surface area contributed by atoms with Gasteiger partial charge in [-0.1, -0.05) is 0 Å². The zero-order chi connectivity index (χ0) is 3.54. The standard InChI is InChI=1S/C5H5.La/c1-2-4-5-3-1;/h1-5H;/q-1;. The minimum atomic E-state index is 0. The van der Waals surface area contributed by atoms with Crippen molar-refractivity contribution in [1.29, 1.82) is 0 Å². The SMILES string of the molecule is [La].c1cc[cH-]c1. The molecule has 0 aliphatic heterocycles. The molecule has 1 aromatic rings. The summed E-state index contributed by atoms with van der Waals surface area (Å²) in [5, 5.41) is 0. The molecule has 0 aliphatic rings. The van der Waals surface area contributed by atoms with E-state index in [1.807, 2.05) is 30.3 Å². The predicted octanol–water partition coefficient (Wildman–Crippen LogP) is 1.41. The Morgan fingerprint density at radius 2 is 1.50 bits per heavy atom. The first-order valence-electron chi connectivity index (χ1n) is 1.67. The Balaban J connectivity index is 0.000000250. The summed E-state index contributed by atoms with van der Waals surface area (Å²) in [4.78, 5) is 0. The van der Waals surface area contributed by atoms with E-state index in [-0.39, 0.29) is 35.6 Å². The summed E-state index contributed by atoms with van der Waals surface area (Å²) in [6, 6.07) is 10.0. The second kappa shape index (κ2) is 3.73. The Bertz CT molecular complexity index is 60.4. The van der Waals surface area contributed by atoms with Gasteiger partial charge in [0.1, 0.15) is 0 Å². The van der Waals surface area contributed by atoms with Gasteiger partial charge < -0.3 is 0 Å². The summed E-state index contributed by atoms with van der Waals surface area (Å²) in [5.41, 5.74) is 0. The number of rotatable bonds is 0. The van der Waals surface area contributed by atoms with Crippen molar-refractivity contribution < 1.29 is 35.6 Å². The third kappa shape index (κ3) is 1.86. The van der Waals surface area contributed by atoms with Crippen molar-refractivity contribution in [2.45, 2.75) is 0 Å². The molecule has 0 fully saturated rings. The van der Waals surface area contributed by atoms with Crippen molar-refractivity contribution >= 4 is 0 Å². The minimum Gasteiger partial charge on any atom is -0.214 e. The molecule has 0 aliphatic carbocycles. The van der Waals surface area contributed by atoms with Crippen LogP contribution in [-0.2, 0) is 0 Å². The Morgan fingerprint density at radius 3 is 1.67 bits per heavy atom. The summed E-state index contributed by atoms with van der Waals surface area (Å²) in [7, 11) is 0. The third-order valence-corrected chi connectivity index (χ3v) is 0.556. The molecule has 1 rings (SSSR count). The van der Waals surface area contributed by atoms with Gasteiger partial charge in [0.05, 0.1) is 0 Å². The summed E-state index contributed by atoms with van der Waals surface area (Å²) in [5.74, 6) is 0. The Hall–Kier alpha value is 0.545. The molecular weight excluding hydrogens is 199 g/mol. The van der Waals surface area contributed by atoms with Crippen LogP contribution in [0.4, 0.5) is 0 Å². The van der Waals surface area contributed by atoms with Crippen LogP contribution >= 0.6 is 0 Å². The first-order valence-corrected chi connectivity index (χ1v) is 1.67. The van der Waals surface area contributed by atoms with Crippen molar-refractivity contribution in [3.63, 3.8) is 0 Å². The maximum Gasteiger partial charge on any atom is 0 e. The van der Waals surface area contributed by atoms with Gasteiger partial charge in [-0.15, -0.1) is 0 Å². The van der Waals surface area contributed by atoms with Crippen LogP contribution in [0.1, 0.15) is 0 Å². The maximum atomic E-state index is 2.00. The van der Waals surface area contributed by atoms with E-state index in [1.165, 1.54) is 0 Å². The van der Waals surface area contributed by atoms with Crippen LogP contribution in [-0.4, -0.2) is 0 Å². The molecule has 0 bridgehead atoms. The van der Waals surface area contributed by atoms with Gasteiger partial charge in [-0.3, -0.25) is 0 Å². The fourth-order valence-electron chi connectivity index (χ4n) is 0.321. The molecule has 0 heterocycles. The fourth-order valence-corrected chi connectivity index (χ4v) is 0.321. The largest absolute Gasteiger partial charge is 0.214 e. The van der Waals surface area contributed by atoms with Crippen molar-refractivity contribution in [1.82, 2.24) is 0 Å². The van der Waals surface area contributed by atoms with Crippen molar-refractivity contribution in [3.05, 3.63) is 30.3 Å². The fraction of sp³-hybridized carbons (Fsp3) is 0. The quantitative estimate of drug-likeness (QED) is 0.560. The molecule has 29 valence electrons. The van der Waals surface area contributed by atoms with E-state index in [0.29, 0.717) is 0 Å². The van der Waals surface area contributed by atoms with E-state index < -0.39 is 0 Å². The van der Waals surface area contributed by atoms with E-state index in [9.17, 15) is 0 Å². The van der Waals surface area contributed by atoms with Crippen molar-refractivity contribution in [2.75, 3.05) is 0 Å².